The Hall–Kier alpha value is -2.31. The van der Waals surface area contributed by atoms with Gasteiger partial charge in [0.15, 0.2) is 17.2 Å². The van der Waals surface area contributed by atoms with Crippen LogP contribution in [0.1, 0.15) is 12.8 Å². The van der Waals surface area contributed by atoms with Gasteiger partial charge in [0.25, 0.3) is 0 Å². The van der Waals surface area contributed by atoms with E-state index >= 15 is 0 Å². The zero-order chi connectivity index (χ0) is 14.9. The summed E-state index contributed by atoms with van der Waals surface area (Å²) in [4.78, 5) is 14.1. The number of nitrogens with one attached hydrogen (secondary N) is 1. The molecule has 7 nitrogen and oxygen atoms in total. The van der Waals surface area contributed by atoms with Crippen molar-refractivity contribution in [2.75, 3.05) is 32.6 Å². The highest BCUT2D eigenvalue weighted by atomic mass is 16.5. The summed E-state index contributed by atoms with van der Waals surface area (Å²) in [5, 5.41) is 11.0. The lowest BCUT2D eigenvalue weighted by Crippen LogP contribution is -2.43. The number of hydrogen-bond acceptors (Lipinski definition) is 5. The van der Waals surface area contributed by atoms with Gasteiger partial charge in [-0.05, 0) is 12.1 Å². The van der Waals surface area contributed by atoms with Crippen LogP contribution in [0.2, 0.25) is 0 Å². The molecule has 2 heterocycles. The van der Waals surface area contributed by atoms with E-state index in [-0.39, 0.29) is 11.7 Å². The van der Waals surface area contributed by atoms with E-state index in [1.54, 1.807) is 31.3 Å². The number of carbonyl (C=O) groups is 1. The Kier molecular flexibility index (Phi) is 3.40. The maximum atomic E-state index is 12.3. The van der Waals surface area contributed by atoms with Crippen molar-refractivity contribution < 1.29 is 14.3 Å². The lowest BCUT2D eigenvalue weighted by molar-refractivity contribution is 0.189. The molecular formula is C14H18N4O3. The first-order chi connectivity index (χ1) is 10.2. The van der Waals surface area contributed by atoms with Crippen LogP contribution in [0, 0.1) is 0 Å². The van der Waals surface area contributed by atoms with E-state index in [4.69, 9.17) is 9.47 Å². The fourth-order valence-corrected chi connectivity index (χ4v) is 2.52. The zero-order valence-electron chi connectivity index (χ0n) is 12.1. The second-order valence-corrected chi connectivity index (χ2v) is 5.14. The summed E-state index contributed by atoms with van der Waals surface area (Å²) in [5.74, 6) is 1.11. The molecule has 0 saturated carbocycles. The molecule has 0 aliphatic carbocycles. The molecule has 21 heavy (non-hydrogen) atoms. The Morgan fingerprint density at radius 1 is 1.24 bits per heavy atom. The van der Waals surface area contributed by atoms with Crippen molar-refractivity contribution in [2.24, 2.45) is 10.2 Å². The van der Waals surface area contributed by atoms with E-state index in [1.807, 2.05) is 6.07 Å². The first kappa shape index (κ1) is 13.7. The number of nitrogens with zero attached hydrogens (tertiary/aromatic N) is 3. The number of ether oxygens (including phenoxy) is 2. The van der Waals surface area contributed by atoms with Crippen molar-refractivity contribution >= 4 is 11.7 Å². The Bertz CT molecular complexity index is 572. The summed E-state index contributed by atoms with van der Waals surface area (Å²) in [5.41, 5.74) is 0.424. The molecule has 1 aromatic rings. The van der Waals surface area contributed by atoms with Gasteiger partial charge in [0, 0.05) is 25.9 Å². The molecule has 0 bridgehead atoms. The van der Waals surface area contributed by atoms with E-state index in [0.717, 1.165) is 12.8 Å². The van der Waals surface area contributed by atoms with Crippen LogP contribution < -0.4 is 14.8 Å². The normalized spacial score (nSPS) is 18.5. The van der Waals surface area contributed by atoms with E-state index in [0.29, 0.717) is 30.3 Å². The average Bonchev–Trinajstić information content (AvgIpc) is 3.26. The summed E-state index contributed by atoms with van der Waals surface area (Å²) in [6.07, 6.45) is 1.60. The molecule has 112 valence electrons. The molecule has 0 radical (unpaired) electrons. The summed E-state index contributed by atoms with van der Waals surface area (Å²) in [6.45, 7) is 1.32. The van der Waals surface area contributed by atoms with Gasteiger partial charge >= 0.3 is 6.03 Å². The predicted octanol–water partition coefficient (Wildman–Crippen LogP) is 2.49. The molecule has 1 fully saturated rings. The molecule has 0 unspecified atom stereocenters. The fourth-order valence-electron chi connectivity index (χ4n) is 2.52. The van der Waals surface area contributed by atoms with Crippen molar-refractivity contribution in [1.29, 1.82) is 0 Å². The largest absolute Gasteiger partial charge is 0.493 e. The van der Waals surface area contributed by atoms with Crippen molar-refractivity contribution in [3.8, 4) is 11.5 Å². The highest BCUT2D eigenvalue weighted by molar-refractivity contribution is 5.91. The smallest absolute Gasteiger partial charge is 0.321 e. The molecule has 0 atom stereocenters. The Balaban J connectivity index is 1.67. The lowest BCUT2D eigenvalue weighted by atomic mass is 10.0. The van der Waals surface area contributed by atoms with Crippen molar-refractivity contribution in [3.05, 3.63) is 18.2 Å². The van der Waals surface area contributed by atoms with E-state index in [2.05, 4.69) is 15.5 Å². The van der Waals surface area contributed by atoms with Crippen LogP contribution in [-0.4, -0.2) is 43.9 Å². The zero-order valence-corrected chi connectivity index (χ0v) is 12.1. The molecule has 1 saturated heterocycles. The van der Waals surface area contributed by atoms with Gasteiger partial charge < -0.3 is 19.7 Å². The summed E-state index contributed by atoms with van der Waals surface area (Å²) in [6, 6.07) is 5.24. The lowest BCUT2D eigenvalue weighted by Gasteiger charge is -2.29. The minimum Gasteiger partial charge on any atom is -0.493 e. The SMILES string of the molecule is COc1cccc(NC(=O)N2CCC3(CC2)N=N3)c1OC. The number of amides is 2. The number of likely N-dealkylation sites (tertiary alicyclic amines) is 1. The Labute approximate surface area is 122 Å². The van der Waals surface area contributed by atoms with Crippen LogP contribution in [0.4, 0.5) is 10.5 Å². The van der Waals surface area contributed by atoms with Crippen LogP contribution in [0.25, 0.3) is 0 Å². The van der Waals surface area contributed by atoms with Crippen molar-refractivity contribution in [1.82, 2.24) is 4.90 Å². The van der Waals surface area contributed by atoms with Gasteiger partial charge in [-0.25, -0.2) is 4.79 Å². The summed E-state index contributed by atoms with van der Waals surface area (Å²) < 4.78 is 10.5. The second kappa shape index (κ2) is 5.23. The molecule has 7 heteroatoms. The average molecular weight is 290 g/mol. The topological polar surface area (TPSA) is 75.5 Å². The summed E-state index contributed by atoms with van der Waals surface area (Å²) in [7, 11) is 3.12. The van der Waals surface area contributed by atoms with E-state index < -0.39 is 0 Å². The molecular weight excluding hydrogens is 272 g/mol. The molecule has 2 aliphatic heterocycles. The van der Waals surface area contributed by atoms with Crippen LogP contribution in [0.3, 0.4) is 0 Å². The fraction of sp³-hybridized carbons (Fsp3) is 0.500. The number of rotatable bonds is 3. The first-order valence-corrected chi connectivity index (χ1v) is 6.88. The third-order valence-corrected chi connectivity index (χ3v) is 3.88. The number of para-hydroxylation sites is 1. The number of urea groups is 1. The minimum atomic E-state index is -0.176. The third-order valence-electron chi connectivity index (χ3n) is 3.88. The highest BCUT2D eigenvalue weighted by Crippen LogP contribution is 2.39. The minimum absolute atomic E-state index is 0.142. The molecule has 1 spiro atoms. The highest BCUT2D eigenvalue weighted by Gasteiger charge is 2.43. The number of benzene rings is 1. The number of carbonyl (C=O) groups excluding carboxylic acids is 1. The van der Waals surface area contributed by atoms with Gasteiger partial charge in [-0.15, -0.1) is 0 Å². The van der Waals surface area contributed by atoms with E-state index in [1.165, 1.54) is 0 Å². The molecule has 1 aromatic carbocycles. The van der Waals surface area contributed by atoms with Crippen LogP contribution in [0.15, 0.2) is 28.4 Å². The number of hydrogen-bond donors (Lipinski definition) is 1. The number of methoxy groups -OCH3 is 2. The maximum Gasteiger partial charge on any atom is 0.321 e. The predicted molar refractivity (Wildman–Crippen MR) is 77.0 cm³/mol. The Morgan fingerprint density at radius 2 is 1.95 bits per heavy atom. The van der Waals surface area contributed by atoms with E-state index in [9.17, 15) is 4.79 Å². The first-order valence-electron chi connectivity index (χ1n) is 6.88. The van der Waals surface area contributed by atoms with Crippen molar-refractivity contribution in [3.63, 3.8) is 0 Å². The van der Waals surface area contributed by atoms with Gasteiger partial charge in [-0.1, -0.05) is 6.07 Å². The number of anilines is 1. The van der Waals surface area contributed by atoms with Crippen LogP contribution in [0.5, 0.6) is 11.5 Å². The van der Waals surface area contributed by atoms with Gasteiger partial charge in [0.05, 0.1) is 19.9 Å². The van der Waals surface area contributed by atoms with Crippen LogP contribution >= 0.6 is 0 Å². The van der Waals surface area contributed by atoms with Gasteiger partial charge in [-0.2, -0.15) is 10.2 Å². The molecule has 1 N–H and O–H groups in total. The summed E-state index contributed by atoms with van der Waals surface area (Å²) >= 11 is 0. The molecule has 3 rings (SSSR count). The van der Waals surface area contributed by atoms with Gasteiger partial charge in [-0.3, -0.25) is 0 Å². The van der Waals surface area contributed by atoms with Gasteiger partial charge in [0.1, 0.15) is 0 Å². The molecule has 2 aliphatic rings. The monoisotopic (exact) mass is 290 g/mol. The van der Waals surface area contributed by atoms with Crippen molar-refractivity contribution in [2.45, 2.75) is 18.5 Å². The van der Waals surface area contributed by atoms with Crippen LogP contribution in [-0.2, 0) is 0 Å². The molecule has 2 amide bonds. The number of piperidine rings is 1. The second-order valence-electron chi connectivity index (χ2n) is 5.14. The third kappa shape index (κ3) is 2.63. The maximum absolute atomic E-state index is 12.3. The molecule has 0 aromatic heterocycles. The Morgan fingerprint density at radius 3 is 2.52 bits per heavy atom. The van der Waals surface area contributed by atoms with Gasteiger partial charge in [0.2, 0.25) is 0 Å². The standard InChI is InChI=1S/C14H18N4O3/c1-20-11-5-3-4-10(12(11)21-2)15-13(19)18-8-6-14(7-9-18)16-17-14/h3-5H,6-9H2,1-2H3,(H,15,19). The quantitative estimate of drug-likeness (QED) is 0.929.